The molecule has 1 aromatic carbocycles. The van der Waals surface area contributed by atoms with Gasteiger partial charge in [-0.1, -0.05) is 0 Å². The quantitative estimate of drug-likeness (QED) is 0.400. The highest BCUT2D eigenvalue weighted by Crippen LogP contribution is 2.34. The van der Waals surface area contributed by atoms with Gasteiger partial charge in [-0.05, 0) is 56.5 Å². The molecule has 7 nitrogen and oxygen atoms in total. The van der Waals surface area contributed by atoms with Gasteiger partial charge in [0.25, 0.3) is 5.91 Å². The van der Waals surface area contributed by atoms with E-state index in [0.29, 0.717) is 30.2 Å². The van der Waals surface area contributed by atoms with E-state index in [1.807, 2.05) is 0 Å². The van der Waals surface area contributed by atoms with Crippen molar-refractivity contribution in [1.82, 2.24) is 9.97 Å². The molecular formula is C22H24N4O3S2. The Balaban J connectivity index is 1.27. The van der Waals surface area contributed by atoms with Crippen molar-refractivity contribution in [3.63, 3.8) is 0 Å². The number of amides is 2. The minimum atomic E-state index is -0.366. The monoisotopic (exact) mass is 456 g/mol. The van der Waals surface area contributed by atoms with Gasteiger partial charge in [0, 0.05) is 40.4 Å². The van der Waals surface area contributed by atoms with Gasteiger partial charge >= 0.3 is 0 Å². The molecule has 4 rings (SSSR count). The van der Waals surface area contributed by atoms with Crippen LogP contribution < -0.4 is 10.6 Å². The number of thiophene rings is 1. The number of carbonyl (C=O) groups excluding carboxylic acids is 2. The van der Waals surface area contributed by atoms with Crippen molar-refractivity contribution >= 4 is 56.5 Å². The fourth-order valence-corrected chi connectivity index (χ4v) is 5.43. The molecule has 3 aromatic rings. The van der Waals surface area contributed by atoms with E-state index in [9.17, 15) is 9.59 Å². The summed E-state index contributed by atoms with van der Waals surface area (Å²) >= 11 is 3.24. The van der Waals surface area contributed by atoms with E-state index in [-0.39, 0.29) is 17.9 Å². The molecule has 2 aromatic heterocycles. The number of hydrogen-bond acceptors (Lipinski definition) is 7. The molecule has 0 saturated carbocycles. The van der Waals surface area contributed by atoms with Crippen LogP contribution in [0.15, 0.2) is 35.6 Å². The van der Waals surface area contributed by atoms with Gasteiger partial charge in [0.1, 0.15) is 22.3 Å². The first-order chi connectivity index (χ1) is 15.0. The first kappa shape index (κ1) is 21.7. The lowest BCUT2D eigenvalue weighted by Crippen LogP contribution is -2.26. The van der Waals surface area contributed by atoms with Crippen molar-refractivity contribution in [3.8, 4) is 0 Å². The SMILES string of the molecule is Cc1sc2ncnc(SCCC(=O)Nc3ccc(NC(=O)[C@H]4CCCO4)cc3)c2c1C. The van der Waals surface area contributed by atoms with Gasteiger partial charge in [-0.3, -0.25) is 9.59 Å². The van der Waals surface area contributed by atoms with E-state index < -0.39 is 0 Å². The molecule has 31 heavy (non-hydrogen) atoms. The number of fused-ring (bicyclic) bond motifs is 1. The van der Waals surface area contributed by atoms with Crippen LogP contribution in [-0.2, 0) is 14.3 Å². The van der Waals surface area contributed by atoms with Crippen LogP contribution in [0.1, 0.15) is 29.7 Å². The molecule has 1 saturated heterocycles. The number of carbonyl (C=O) groups is 2. The highest BCUT2D eigenvalue weighted by atomic mass is 32.2. The third-order valence-electron chi connectivity index (χ3n) is 5.16. The second kappa shape index (κ2) is 9.76. The van der Waals surface area contributed by atoms with Crippen LogP contribution in [0.5, 0.6) is 0 Å². The summed E-state index contributed by atoms with van der Waals surface area (Å²) in [4.78, 5) is 35.4. The van der Waals surface area contributed by atoms with Gasteiger partial charge in [-0.25, -0.2) is 9.97 Å². The predicted molar refractivity (Wildman–Crippen MR) is 125 cm³/mol. The summed E-state index contributed by atoms with van der Waals surface area (Å²) in [5.41, 5.74) is 2.58. The number of aryl methyl sites for hydroxylation is 2. The van der Waals surface area contributed by atoms with Gasteiger partial charge in [0.05, 0.1) is 0 Å². The molecule has 0 radical (unpaired) electrons. The molecule has 2 amide bonds. The van der Waals surface area contributed by atoms with Crippen LogP contribution in [0.3, 0.4) is 0 Å². The zero-order chi connectivity index (χ0) is 21.8. The van der Waals surface area contributed by atoms with Gasteiger partial charge in [-0.15, -0.1) is 23.1 Å². The highest BCUT2D eigenvalue weighted by Gasteiger charge is 2.23. The Morgan fingerprint density at radius 1 is 1.16 bits per heavy atom. The van der Waals surface area contributed by atoms with Crippen molar-refractivity contribution in [2.75, 3.05) is 23.0 Å². The minimum absolute atomic E-state index is 0.0628. The summed E-state index contributed by atoms with van der Waals surface area (Å²) in [6, 6.07) is 7.11. The van der Waals surface area contributed by atoms with Gasteiger partial charge < -0.3 is 15.4 Å². The normalized spacial score (nSPS) is 15.9. The Bertz CT molecular complexity index is 1090. The number of hydrogen-bond donors (Lipinski definition) is 2. The molecule has 1 atom stereocenters. The number of ether oxygens (including phenoxy) is 1. The Labute approximate surface area is 189 Å². The average molecular weight is 457 g/mol. The maximum Gasteiger partial charge on any atom is 0.253 e. The summed E-state index contributed by atoms with van der Waals surface area (Å²) in [5.74, 6) is 0.440. The molecule has 162 valence electrons. The Kier molecular flexibility index (Phi) is 6.84. The van der Waals surface area contributed by atoms with Crippen LogP contribution in [0, 0.1) is 13.8 Å². The first-order valence-electron chi connectivity index (χ1n) is 10.2. The molecule has 0 aliphatic carbocycles. The fourth-order valence-electron chi connectivity index (χ4n) is 3.37. The third kappa shape index (κ3) is 5.23. The predicted octanol–water partition coefficient (Wildman–Crippen LogP) is 4.55. The van der Waals surface area contributed by atoms with Crippen molar-refractivity contribution in [2.45, 2.75) is 44.2 Å². The Morgan fingerprint density at radius 2 is 1.90 bits per heavy atom. The standard InChI is InChI=1S/C22H24N4O3S2/c1-13-14(2)31-22-19(13)21(23-12-24-22)30-11-9-18(27)25-15-5-7-16(8-6-15)26-20(28)17-4-3-10-29-17/h5-8,12,17H,3-4,9-11H2,1-2H3,(H,25,27)(H,26,28)/t17-/m1/s1. The average Bonchev–Trinajstić information content (AvgIpc) is 3.39. The summed E-state index contributed by atoms with van der Waals surface area (Å²) in [7, 11) is 0. The van der Waals surface area contributed by atoms with E-state index in [2.05, 4.69) is 34.4 Å². The first-order valence-corrected chi connectivity index (χ1v) is 12.0. The molecule has 3 heterocycles. The molecule has 0 spiro atoms. The van der Waals surface area contributed by atoms with E-state index in [4.69, 9.17) is 4.74 Å². The molecule has 0 bridgehead atoms. The molecule has 1 fully saturated rings. The topological polar surface area (TPSA) is 93.2 Å². The second-order valence-corrected chi connectivity index (χ2v) is 9.64. The maximum atomic E-state index is 12.3. The Hall–Kier alpha value is -2.49. The van der Waals surface area contributed by atoms with Gasteiger partial charge in [0.2, 0.25) is 5.91 Å². The minimum Gasteiger partial charge on any atom is -0.368 e. The van der Waals surface area contributed by atoms with E-state index >= 15 is 0 Å². The maximum absolute atomic E-state index is 12.3. The van der Waals surface area contributed by atoms with Gasteiger partial charge in [-0.2, -0.15) is 0 Å². The number of nitrogens with one attached hydrogen (secondary N) is 2. The smallest absolute Gasteiger partial charge is 0.253 e. The summed E-state index contributed by atoms with van der Waals surface area (Å²) in [6.45, 7) is 4.81. The van der Waals surface area contributed by atoms with E-state index in [1.165, 1.54) is 10.4 Å². The number of anilines is 2. The van der Waals surface area contributed by atoms with Crippen LogP contribution >= 0.6 is 23.1 Å². The molecule has 0 unspecified atom stereocenters. The number of aromatic nitrogens is 2. The number of benzene rings is 1. The van der Waals surface area contributed by atoms with E-state index in [0.717, 1.165) is 28.1 Å². The zero-order valence-electron chi connectivity index (χ0n) is 17.4. The van der Waals surface area contributed by atoms with E-state index in [1.54, 1.807) is 53.7 Å². The van der Waals surface area contributed by atoms with Crippen molar-refractivity contribution in [1.29, 1.82) is 0 Å². The number of nitrogens with zero attached hydrogens (tertiary/aromatic N) is 2. The van der Waals surface area contributed by atoms with Crippen molar-refractivity contribution in [3.05, 3.63) is 41.0 Å². The number of thioether (sulfide) groups is 1. The summed E-state index contributed by atoms with van der Waals surface area (Å²) in [6.07, 6.45) is 3.25. The second-order valence-electron chi connectivity index (χ2n) is 7.36. The van der Waals surface area contributed by atoms with Crippen molar-refractivity contribution < 1.29 is 14.3 Å². The van der Waals surface area contributed by atoms with Crippen LogP contribution in [0.4, 0.5) is 11.4 Å². The van der Waals surface area contributed by atoms with Gasteiger partial charge in [0.15, 0.2) is 0 Å². The summed E-state index contributed by atoms with van der Waals surface area (Å²) < 4.78 is 5.39. The van der Waals surface area contributed by atoms with Crippen LogP contribution in [0.2, 0.25) is 0 Å². The Morgan fingerprint density at radius 3 is 2.61 bits per heavy atom. The third-order valence-corrected chi connectivity index (χ3v) is 7.26. The lowest BCUT2D eigenvalue weighted by Gasteiger charge is -2.11. The van der Waals surface area contributed by atoms with Crippen LogP contribution in [0.25, 0.3) is 10.2 Å². The highest BCUT2D eigenvalue weighted by molar-refractivity contribution is 7.99. The fraction of sp³-hybridized carbons (Fsp3) is 0.364. The molecular weight excluding hydrogens is 432 g/mol. The molecule has 9 heteroatoms. The lowest BCUT2D eigenvalue weighted by molar-refractivity contribution is -0.124. The lowest BCUT2D eigenvalue weighted by atomic mass is 10.2. The molecule has 1 aliphatic heterocycles. The largest absolute Gasteiger partial charge is 0.368 e. The molecule has 2 N–H and O–H groups in total. The van der Waals surface area contributed by atoms with Crippen molar-refractivity contribution in [2.24, 2.45) is 0 Å². The summed E-state index contributed by atoms with van der Waals surface area (Å²) in [5, 5.41) is 7.76. The zero-order valence-corrected chi connectivity index (χ0v) is 19.1. The molecule has 1 aliphatic rings. The number of rotatable bonds is 7. The van der Waals surface area contributed by atoms with Crippen LogP contribution in [-0.4, -0.2) is 40.2 Å².